The van der Waals surface area contributed by atoms with Crippen molar-refractivity contribution in [3.05, 3.63) is 0 Å². The molecule has 4 nitrogen and oxygen atoms in total. The van der Waals surface area contributed by atoms with Crippen LogP contribution in [0.1, 0.15) is 48.0 Å². The third-order valence-electron chi connectivity index (χ3n) is 5.15. The second-order valence-electron chi connectivity index (χ2n) is 9.23. The van der Waals surface area contributed by atoms with E-state index in [-0.39, 0.29) is 11.1 Å². The van der Waals surface area contributed by atoms with Crippen LogP contribution < -0.4 is 11.1 Å². The standard InChI is InChI=1S/C17H36N4/c1-15(2,3)20-9-14(10-20)7-8-19-11-16(4,5)21-12-17(6,18)13-21/h14,19H,7-13,18H2,1-6H3. The SMILES string of the molecule is CC1(N)CN(C(C)(C)CNCCC2CN(C(C)(C)C)C2)C1. The predicted octanol–water partition coefficient (Wildman–Crippen LogP) is 1.51. The monoisotopic (exact) mass is 296 g/mol. The molecule has 4 heteroatoms. The van der Waals surface area contributed by atoms with Gasteiger partial charge < -0.3 is 11.1 Å². The maximum Gasteiger partial charge on any atom is 0.0384 e. The fourth-order valence-corrected chi connectivity index (χ4v) is 3.37. The van der Waals surface area contributed by atoms with Crippen LogP contribution in [0.25, 0.3) is 0 Å². The Morgan fingerprint density at radius 1 is 1.10 bits per heavy atom. The van der Waals surface area contributed by atoms with Crippen molar-refractivity contribution in [3.8, 4) is 0 Å². The van der Waals surface area contributed by atoms with Gasteiger partial charge in [-0.1, -0.05) is 0 Å². The minimum Gasteiger partial charge on any atom is -0.323 e. The molecule has 2 rings (SSSR count). The topological polar surface area (TPSA) is 44.5 Å². The second-order valence-corrected chi connectivity index (χ2v) is 9.23. The fourth-order valence-electron chi connectivity index (χ4n) is 3.37. The first-order valence-corrected chi connectivity index (χ1v) is 8.49. The largest absolute Gasteiger partial charge is 0.323 e. The van der Waals surface area contributed by atoms with Crippen LogP contribution in [0.4, 0.5) is 0 Å². The molecule has 2 aliphatic heterocycles. The molecule has 0 spiro atoms. The fraction of sp³-hybridized carbons (Fsp3) is 1.00. The maximum absolute atomic E-state index is 6.11. The van der Waals surface area contributed by atoms with Crippen molar-refractivity contribution >= 4 is 0 Å². The van der Waals surface area contributed by atoms with Crippen LogP contribution in [0.2, 0.25) is 0 Å². The number of nitrogens with one attached hydrogen (secondary N) is 1. The highest BCUT2D eigenvalue weighted by atomic mass is 15.3. The van der Waals surface area contributed by atoms with Gasteiger partial charge in [0.2, 0.25) is 0 Å². The molecule has 0 radical (unpaired) electrons. The lowest BCUT2D eigenvalue weighted by Gasteiger charge is -2.53. The Balaban J connectivity index is 1.57. The summed E-state index contributed by atoms with van der Waals surface area (Å²) in [6.45, 7) is 20.5. The number of rotatable bonds is 6. The minimum absolute atomic E-state index is 0.0274. The van der Waals surface area contributed by atoms with E-state index in [0.717, 1.165) is 32.1 Å². The van der Waals surface area contributed by atoms with E-state index in [1.807, 2.05) is 0 Å². The third-order valence-corrected chi connectivity index (χ3v) is 5.15. The van der Waals surface area contributed by atoms with Gasteiger partial charge in [-0.25, -0.2) is 0 Å². The molecular weight excluding hydrogens is 260 g/mol. The summed E-state index contributed by atoms with van der Waals surface area (Å²) in [5.74, 6) is 0.885. The number of likely N-dealkylation sites (tertiary alicyclic amines) is 2. The van der Waals surface area contributed by atoms with Crippen molar-refractivity contribution in [2.24, 2.45) is 11.7 Å². The smallest absolute Gasteiger partial charge is 0.0384 e. The molecule has 0 amide bonds. The van der Waals surface area contributed by atoms with Crippen molar-refractivity contribution < 1.29 is 0 Å². The van der Waals surface area contributed by atoms with Crippen molar-refractivity contribution in [2.75, 3.05) is 39.3 Å². The van der Waals surface area contributed by atoms with E-state index in [0.29, 0.717) is 5.54 Å². The molecule has 0 aliphatic carbocycles. The molecule has 124 valence electrons. The summed E-state index contributed by atoms with van der Waals surface area (Å²) in [6, 6.07) is 0. The second kappa shape index (κ2) is 5.80. The summed E-state index contributed by atoms with van der Waals surface area (Å²) in [4.78, 5) is 5.06. The Bertz CT molecular complexity index is 342. The van der Waals surface area contributed by atoms with Crippen molar-refractivity contribution in [1.29, 1.82) is 0 Å². The first kappa shape index (κ1) is 17.2. The van der Waals surface area contributed by atoms with Crippen LogP contribution in [0.15, 0.2) is 0 Å². The van der Waals surface area contributed by atoms with Crippen LogP contribution >= 0.6 is 0 Å². The first-order valence-electron chi connectivity index (χ1n) is 8.49. The molecular formula is C17H36N4. The quantitative estimate of drug-likeness (QED) is 0.729. The van der Waals surface area contributed by atoms with Crippen LogP contribution in [0.3, 0.4) is 0 Å². The van der Waals surface area contributed by atoms with Gasteiger partial charge in [0, 0.05) is 49.3 Å². The highest BCUT2D eigenvalue weighted by molar-refractivity contribution is 5.02. The molecule has 0 atom stereocenters. The van der Waals surface area contributed by atoms with Crippen LogP contribution in [0.5, 0.6) is 0 Å². The third kappa shape index (κ3) is 4.41. The summed E-state index contributed by atoms with van der Waals surface area (Å²) in [5.41, 5.74) is 6.70. The molecule has 2 saturated heterocycles. The van der Waals surface area contributed by atoms with E-state index in [1.54, 1.807) is 0 Å². The number of nitrogens with two attached hydrogens (primary N) is 1. The first-order chi connectivity index (χ1) is 9.50. The van der Waals surface area contributed by atoms with Gasteiger partial charge in [0.05, 0.1) is 0 Å². The lowest BCUT2D eigenvalue weighted by Crippen LogP contribution is -2.71. The zero-order chi connectivity index (χ0) is 15.9. The van der Waals surface area contributed by atoms with E-state index in [9.17, 15) is 0 Å². The Morgan fingerprint density at radius 2 is 1.67 bits per heavy atom. The minimum atomic E-state index is 0.0274. The van der Waals surface area contributed by atoms with Crippen LogP contribution in [-0.2, 0) is 0 Å². The highest BCUT2D eigenvalue weighted by Gasteiger charge is 2.42. The molecule has 0 bridgehead atoms. The average molecular weight is 297 g/mol. The van der Waals surface area contributed by atoms with Gasteiger partial charge in [0.1, 0.15) is 0 Å². The van der Waals surface area contributed by atoms with Gasteiger partial charge in [-0.3, -0.25) is 9.80 Å². The van der Waals surface area contributed by atoms with Gasteiger partial charge in [0.15, 0.2) is 0 Å². The lowest BCUT2D eigenvalue weighted by atomic mass is 9.87. The Hall–Kier alpha value is -0.160. The van der Waals surface area contributed by atoms with E-state index in [1.165, 1.54) is 19.5 Å². The molecule has 2 aliphatic rings. The zero-order valence-electron chi connectivity index (χ0n) is 15.0. The molecule has 2 heterocycles. The average Bonchev–Trinajstić information content (AvgIpc) is 2.20. The Labute approximate surface area is 131 Å². The van der Waals surface area contributed by atoms with Gasteiger partial charge in [-0.2, -0.15) is 0 Å². The van der Waals surface area contributed by atoms with Crippen molar-refractivity contribution in [1.82, 2.24) is 15.1 Å². The number of hydrogen-bond donors (Lipinski definition) is 2. The van der Waals surface area contributed by atoms with Crippen LogP contribution in [0, 0.1) is 5.92 Å². The predicted molar refractivity (Wildman–Crippen MR) is 90.5 cm³/mol. The number of nitrogens with zero attached hydrogens (tertiary/aromatic N) is 2. The van der Waals surface area contributed by atoms with Gasteiger partial charge in [-0.15, -0.1) is 0 Å². The summed E-state index contributed by atoms with van der Waals surface area (Å²) in [6.07, 6.45) is 1.30. The Morgan fingerprint density at radius 3 is 2.14 bits per heavy atom. The molecule has 3 N–H and O–H groups in total. The normalized spacial score (nSPS) is 24.7. The molecule has 2 fully saturated rings. The van der Waals surface area contributed by atoms with E-state index in [4.69, 9.17) is 5.73 Å². The maximum atomic E-state index is 6.11. The summed E-state index contributed by atoms with van der Waals surface area (Å²) < 4.78 is 0. The summed E-state index contributed by atoms with van der Waals surface area (Å²) >= 11 is 0. The lowest BCUT2D eigenvalue weighted by molar-refractivity contribution is -0.00760. The van der Waals surface area contributed by atoms with Gasteiger partial charge >= 0.3 is 0 Å². The highest BCUT2D eigenvalue weighted by Crippen LogP contribution is 2.28. The molecule has 0 unspecified atom stereocenters. The molecule has 0 aromatic rings. The van der Waals surface area contributed by atoms with E-state index >= 15 is 0 Å². The van der Waals surface area contributed by atoms with Crippen LogP contribution in [-0.4, -0.2) is 65.7 Å². The molecule has 21 heavy (non-hydrogen) atoms. The van der Waals surface area contributed by atoms with Crippen molar-refractivity contribution in [2.45, 2.75) is 64.6 Å². The zero-order valence-corrected chi connectivity index (χ0v) is 15.0. The van der Waals surface area contributed by atoms with Crippen molar-refractivity contribution in [3.63, 3.8) is 0 Å². The van der Waals surface area contributed by atoms with Gasteiger partial charge in [-0.05, 0) is 60.4 Å². The van der Waals surface area contributed by atoms with Gasteiger partial charge in [0.25, 0.3) is 0 Å². The summed E-state index contributed by atoms with van der Waals surface area (Å²) in [7, 11) is 0. The summed E-state index contributed by atoms with van der Waals surface area (Å²) in [5, 5.41) is 3.65. The molecule has 0 aromatic heterocycles. The molecule has 0 aromatic carbocycles. The van der Waals surface area contributed by atoms with E-state index in [2.05, 4.69) is 56.7 Å². The number of hydrogen-bond acceptors (Lipinski definition) is 4. The Kier molecular flexibility index (Phi) is 4.75. The molecule has 0 saturated carbocycles. The van der Waals surface area contributed by atoms with E-state index < -0.39 is 0 Å².